The van der Waals surface area contributed by atoms with Crippen LogP contribution in [0.1, 0.15) is 194 Å². The number of ether oxygens (including phenoxy) is 2. The first-order valence-corrected chi connectivity index (χ1v) is 22.3. The van der Waals surface area contributed by atoms with E-state index < -0.39 is 13.9 Å². The summed E-state index contributed by atoms with van der Waals surface area (Å²) in [6, 6.07) is 0. The van der Waals surface area contributed by atoms with Crippen molar-refractivity contribution in [2.45, 2.75) is 200 Å². The number of unbranched alkanes of at least 4 members (excludes halogenated alkanes) is 26. The zero-order valence-electron chi connectivity index (χ0n) is 33.0. The van der Waals surface area contributed by atoms with Gasteiger partial charge in [-0.1, -0.05) is 181 Å². The van der Waals surface area contributed by atoms with Gasteiger partial charge in [-0.05, 0) is 12.8 Å². The Kier molecular flexibility index (Phi) is 35.4. The largest absolute Gasteiger partial charge is 0.756 e. The summed E-state index contributed by atoms with van der Waals surface area (Å²) in [4.78, 5) is 12.3. The van der Waals surface area contributed by atoms with Crippen LogP contribution in [0.3, 0.4) is 0 Å². The molecule has 0 aliphatic carbocycles. The Bertz CT molecular complexity index is 689. The smallest absolute Gasteiger partial charge is 0.268 e. The van der Waals surface area contributed by atoms with E-state index in [0.717, 1.165) is 19.3 Å². The molecule has 0 aromatic rings. The van der Waals surface area contributed by atoms with Crippen LogP contribution in [0, 0.1) is 0 Å². The van der Waals surface area contributed by atoms with Gasteiger partial charge >= 0.3 is 0 Å². The second-order valence-electron chi connectivity index (χ2n) is 15.4. The lowest BCUT2D eigenvalue weighted by molar-refractivity contribution is -0.870. The molecule has 7 nitrogen and oxygen atoms in total. The molecule has 0 aromatic heterocycles. The number of phosphoric ester groups is 1. The molecular formula is C40H84NO6P. The van der Waals surface area contributed by atoms with Crippen molar-refractivity contribution in [3.63, 3.8) is 0 Å². The van der Waals surface area contributed by atoms with Crippen LogP contribution in [0.4, 0.5) is 0 Å². The maximum absolute atomic E-state index is 12.3. The van der Waals surface area contributed by atoms with Crippen molar-refractivity contribution in [2.75, 3.05) is 60.7 Å². The van der Waals surface area contributed by atoms with Crippen molar-refractivity contribution in [3.05, 3.63) is 0 Å². The molecule has 290 valence electrons. The molecule has 0 amide bonds. The molecule has 0 aromatic carbocycles. The van der Waals surface area contributed by atoms with Crippen LogP contribution in [0.15, 0.2) is 0 Å². The van der Waals surface area contributed by atoms with Crippen LogP contribution in [-0.4, -0.2) is 71.3 Å². The third kappa shape index (κ3) is 38.8. The lowest BCUT2D eigenvalue weighted by Crippen LogP contribution is -2.37. The maximum Gasteiger partial charge on any atom is 0.268 e. The van der Waals surface area contributed by atoms with E-state index >= 15 is 0 Å². The van der Waals surface area contributed by atoms with E-state index in [1.54, 1.807) is 0 Å². The van der Waals surface area contributed by atoms with Crippen LogP contribution in [0.25, 0.3) is 0 Å². The van der Waals surface area contributed by atoms with Crippen molar-refractivity contribution in [1.29, 1.82) is 0 Å². The first-order chi connectivity index (χ1) is 23.2. The molecule has 0 spiro atoms. The zero-order valence-corrected chi connectivity index (χ0v) is 33.9. The standard InChI is InChI=1S/C40H84NO6P/c1-6-8-10-12-14-16-18-19-20-21-22-23-24-25-27-29-31-33-36-45-40(39-47-48(42,43)46-37-34-41(3,4)5)38-44-35-32-30-28-26-17-15-13-11-9-7-2/h40H,6-39H2,1-5H3. The van der Waals surface area contributed by atoms with Gasteiger partial charge < -0.3 is 27.9 Å². The van der Waals surface area contributed by atoms with Gasteiger partial charge in [0.25, 0.3) is 7.82 Å². The van der Waals surface area contributed by atoms with Gasteiger partial charge in [-0.2, -0.15) is 0 Å². The van der Waals surface area contributed by atoms with Gasteiger partial charge in [-0.25, -0.2) is 0 Å². The van der Waals surface area contributed by atoms with E-state index in [4.69, 9.17) is 18.5 Å². The van der Waals surface area contributed by atoms with E-state index in [1.165, 1.54) is 161 Å². The number of likely N-dealkylation sites (N-methyl/N-ethyl adjacent to an activating group) is 1. The van der Waals surface area contributed by atoms with Crippen LogP contribution < -0.4 is 4.89 Å². The molecule has 0 saturated heterocycles. The van der Waals surface area contributed by atoms with E-state index in [1.807, 2.05) is 21.1 Å². The molecule has 0 heterocycles. The first kappa shape index (κ1) is 48.0. The van der Waals surface area contributed by atoms with Crippen molar-refractivity contribution in [1.82, 2.24) is 0 Å². The molecule has 2 unspecified atom stereocenters. The molecule has 0 N–H and O–H groups in total. The van der Waals surface area contributed by atoms with E-state index in [0.29, 0.717) is 30.8 Å². The average molecular weight is 706 g/mol. The summed E-state index contributed by atoms with van der Waals surface area (Å²) >= 11 is 0. The highest BCUT2D eigenvalue weighted by Crippen LogP contribution is 2.38. The van der Waals surface area contributed by atoms with E-state index in [2.05, 4.69) is 13.8 Å². The van der Waals surface area contributed by atoms with Crippen molar-refractivity contribution < 1.29 is 32.5 Å². The number of rotatable bonds is 40. The van der Waals surface area contributed by atoms with Crippen molar-refractivity contribution in [3.8, 4) is 0 Å². The third-order valence-electron chi connectivity index (χ3n) is 9.23. The lowest BCUT2D eigenvalue weighted by Gasteiger charge is -2.28. The molecule has 2 atom stereocenters. The molecule has 0 aliphatic heterocycles. The van der Waals surface area contributed by atoms with Gasteiger partial charge in [0.1, 0.15) is 19.3 Å². The fourth-order valence-electron chi connectivity index (χ4n) is 5.94. The predicted octanol–water partition coefficient (Wildman–Crippen LogP) is 11.6. The molecule has 0 aliphatic rings. The first-order valence-electron chi connectivity index (χ1n) is 20.8. The topological polar surface area (TPSA) is 77.1 Å². The fraction of sp³-hybridized carbons (Fsp3) is 1.00. The molecule has 0 fully saturated rings. The number of nitrogens with zero attached hydrogens (tertiary/aromatic N) is 1. The summed E-state index contributed by atoms with van der Waals surface area (Å²) < 4.78 is 35.2. The highest BCUT2D eigenvalue weighted by Gasteiger charge is 2.18. The SMILES string of the molecule is CCCCCCCCCCCCCCCCCCCCOC(COCCCCCCCCCCCC)COP(=O)([O-])OCC[N+](C)(C)C. The van der Waals surface area contributed by atoms with E-state index in [9.17, 15) is 9.46 Å². The van der Waals surface area contributed by atoms with Crippen molar-refractivity contribution in [2.24, 2.45) is 0 Å². The molecule has 48 heavy (non-hydrogen) atoms. The molecular weight excluding hydrogens is 621 g/mol. The summed E-state index contributed by atoms with van der Waals surface area (Å²) in [5.74, 6) is 0. The second kappa shape index (κ2) is 35.4. The Hall–Kier alpha value is -0.0100. The molecule has 0 radical (unpaired) electrons. The quantitative estimate of drug-likeness (QED) is 0.0359. The Labute approximate surface area is 300 Å². The summed E-state index contributed by atoms with van der Waals surface area (Å²) in [5, 5.41) is 0. The fourth-order valence-corrected chi connectivity index (χ4v) is 6.67. The van der Waals surface area contributed by atoms with Gasteiger partial charge in [-0.15, -0.1) is 0 Å². The Morgan fingerprint density at radius 2 is 0.833 bits per heavy atom. The Balaban J connectivity index is 4.03. The Morgan fingerprint density at radius 3 is 1.21 bits per heavy atom. The van der Waals surface area contributed by atoms with Gasteiger partial charge in [0.2, 0.25) is 0 Å². The van der Waals surface area contributed by atoms with Crippen LogP contribution in [-0.2, 0) is 23.1 Å². The zero-order chi connectivity index (χ0) is 35.4. The number of hydrogen-bond donors (Lipinski definition) is 0. The molecule has 8 heteroatoms. The molecule has 0 bridgehead atoms. The van der Waals surface area contributed by atoms with Crippen molar-refractivity contribution >= 4 is 7.82 Å². The minimum atomic E-state index is -4.38. The van der Waals surface area contributed by atoms with E-state index in [-0.39, 0.29) is 13.2 Å². The lowest BCUT2D eigenvalue weighted by atomic mass is 10.0. The normalized spacial score (nSPS) is 14.0. The number of quaternary nitrogens is 1. The Morgan fingerprint density at radius 1 is 0.479 bits per heavy atom. The molecule has 0 rings (SSSR count). The summed E-state index contributed by atoms with van der Waals surface area (Å²) in [6.07, 6.45) is 36.7. The highest BCUT2D eigenvalue weighted by molar-refractivity contribution is 7.45. The summed E-state index contributed by atoms with van der Waals surface area (Å²) in [6.45, 7) is 6.77. The molecule has 0 saturated carbocycles. The monoisotopic (exact) mass is 706 g/mol. The van der Waals surface area contributed by atoms with Crippen LogP contribution in [0.2, 0.25) is 0 Å². The number of hydrogen-bond acceptors (Lipinski definition) is 6. The third-order valence-corrected chi connectivity index (χ3v) is 10.2. The summed E-state index contributed by atoms with van der Waals surface area (Å²) in [7, 11) is 1.61. The number of phosphoric acid groups is 1. The van der Waals surface area contributed by atoms with Gasteiger partial charge in [-0.3, -0.25) is 4.57 Å². The van der Waals surface area contributed by atoms with Crippen LogP contribution >= 0.6 is 7.82 Å². The summed E-state index contributed by atoms with van der Waals surface area (Å²) in [5.41, 5.74) is 0. The second-order valence-corrected chi connectivity index (χ2v) is 16.8. The van der Waals surface area contributed by atoms with Crippen LogP contribution in [0.5, 0.6) is 0 Å². The maximum atomic E-state index is 12.3. The average Bonchev–Trinajstić information content (AvgIpc) is 3.04. The minimum absolute atomic E-state index is 0.0672. The van der Waals surface area contributed by atoms with Gasteiger partial charge in [0.15, 0.2) is 0 Å². The highest BCUT2D eigenvalue weighted by atomic mass is 31.2. The van der Waals surface area contributed by atoms with Gasteiger partial charge in [0.05, 0.1) is 34.4 Å². The van der Waals surface area contributed by atoms with Gasteiger partial charge in [0, 0.05) is 13.2 Å². The predicted molar refractivity (Wildman–Crippen MR) is 204 cm³/mol. The minimum Gasteiger partial charge on any atom is -0.756 e.